The maximum absolute atomic E-state index is 13.2. The highest BCUT2D eigenvalue weighted by molar-refractivity contribution is 5.81. The third-order valence-corrected chi connectivity index (χ3v) is 3.68. The van der Waals surface area contributed by atoms with Crippen molar-refractivity contribution in [3.05, 3.63) is 84.2 Å². The van der Waals surface area contributed by atoms with Gasteiger partial charge in [-0.2, -0.15) is 0 Å². The first kappa shape index (κ1) is 17.9. The summed E-state index contributed by atoms with van der Waals surface area (Å²) in [7, 11) is 0. The van der Waals surface area contributed by atoms with Gasteiger partial charge in [0, 0.05) is 0 Å². The zero-order chi connectivity index (χ0) is 17.4. The topological polar surface area (TPSA) is 38.3 Å². The summed E-state index contributed by atoms with van der Waals surface area (Å²) in [6, 6.07) is 15.4. The first-order valence-electron chi connectivity index (χ1n) is 7.95. The van der Waals surface area contributed by atoms with Crippen molar-refractivity contribution in [2.75, 3.05) is 6.61 Å². The van der Waals surface area contributed by atoms with Crippen LogP contribution in [0.2, 0.25) is 0 Å². The first-order chi connectivity index (χ1) is 11.6. The molecule has 0 aliphatic rings. The molecule has 2 rings (SSSR count). The van der Waals surface area contributed by atoms with Gasteiger partial charge in [-0.3, -0.25) is 4.79 Å². The smallest absolute Gasteiger partial charge is 0.249 e. The number of halogens is 1. The molecule has 2 unspecified atom stereocenters. The zero-order valence-corrected chi connectivity index (χ0v) is 13.7. The molecule has 24 heavy (non-hydrogen) atoms. The van der Waals surface area contributed by atoms with E-state index in [2.05, 4.69) is 11.9 Å². The van der Waals surface area contributed by atoms with Crippen LogP contribution in [-0.2, 0) is 9.53 Å². The van der Waals surface area contributed by atoms with Crippen LogP contribution in [-0.4, -0.2) is 18.6 Å². The lowest BCUT2D eigenvalue weighted by Gasteiger charge is -2.22. The Bertz CT molecular complexity index is 655. The molecule has 2 aromatic carbocycles. The summed E-state index contributed by atoms with van der Waals surface area (Å²) in [4.78, 5) is 12.4. The Morgan fingerprint density at radius 2 is 1.79 bits per heavy atom. The van der Waals surface area contributed by atoms with Gasteiger partial charge in [-0.25, -0.2) is 4.39 Å². The molecule has 0 aliphatic carbocycles. The Morgan fingerprint density at radius 1 is 1.17 bits per heavy atom. The average Bonchev–Trinajstić information content (AvgIpc) is 2.61. The Kier molecular flexibility index (Phi) is 6.70. The summed E-state index contributed by atoms with van der Waals surface area (Å²) in [5.74, 6) is -0.518. The van der Waals surface area contributed by atoms with Gasteiger partial charge in [0.1, 0.15) is 11.9 Å². The van der Waals surface area contributed by atoms with Crippen molar-refractivity contribution >= 4 is 5.91 Å². The van der Waals surface area contributed by atoms with E-state index in [0.29, 0.717) is 13.0 Å². The van der Waals surface area contributed by atoms with Gasteiger partial charge < -0.3 is 10.1 Å². The highest BCUT2D eigenvalue weighted by Gasteiger charge is 2.20. The van der Waals surface area contributed by atoms with Crippen LogP contribution in [0.4, 0.5) is 4.39 Å². The SMILES string of the molecule is C=CCCOC(C)C(=O)NC(c1ccccc1)c1ccc(F)cc1. The number of hydrogen-bond donors (Lipinski definition) is 1. The minimum Gasteiger partial charge on any atom is -0.368 e. The number of hydrogen-bond acceptors (Lipinski definition) is 2. The molecule has 0 saturated carbocycles. The van der Waals surface area contributed by atoms with Crippen LogP contribution in [0, 0.1) is 5.82 Å². The highest BCUT2D eigenvalue weighted by Crippen LogP contribution is 2.22. The molecule has 0 aliphatic heterocycles. The zero-order valence-electron chi connectivity index (χ0n) is 13.7. The van der Waals surface area contributed by atoms with E-state index in [0.717, 1.165) is 11.1 Å². The number of carbonyl (C=O) groups excluding carboxylic acids is 1. The van der Waals surface area contributed by atoms with Gasteiger partial charge in [0.2, 0.25) is 5.91 Å². The predicted octanol–water partition coefficient (Wildman–Crippen LogP) is 4.01. The Hall–Kier alpha value is -2.46. The van der Waals surface area contributed by atoms with E-state index in [1.807, 2.05) is 30.3 Å². The third kappa shape index (κ3) is 5.03. The molecular formula is C20H22FNO2. The molecule has 0 heterocycles. The predicted molar refractivity (Wildman–Crippen MR) is 93.1 cm³/mol. The Balaban J connectivity index is 2.16. The summed E-state index contributed by atoms with van der Waals surface area (Å²) in [6.45, 7) is 5.79. The van der Waals surface area contributed by atoms with Crippen molar-refractivity contribution in [2.45, 2.75) is 25.5 Å². The van der Waals surface area contributed by atoms with Crippen LogP contribution >= 0.6 is 0 Å². The molecule has 1 amide bonds. The van der Waals surface area contributed by atoms with Crippen molar-refractivity contribution < 1.29 is 13.9 Å². The summed E-state index contributed by atoms with van der Waals surface area (Å²) >= 11 is 0. The second-order valence-electron chi connectivity index (χ2n) is 5.49. The van der Waals surface area contributed by atoms with Gasteiger partial charge in [0.05, 0.1) is 12.6 Å². The number of nitrogens with one attached hydrogen (secondary N) is 1. The molecule has 4 heteroatoms. The average molecular weight is 327 g/mol. The van der Waals surface area contributed by atoms with Crippen molar-refractivity contribution in [1.29, 1.82) is 0 Å². The van der Waals surface area contributed by atoms with Gasteiger partial charge >= 0.3 is 0 Å². The number of benzene rings is 2. The molecule has 126 valence electrons. The van der Waals surface area contributed by atoms with E-state index in [1.165, 1.54) is 12.1 Å². The van der Waals surface area contributed by atoms with E-state index in [9.17, 15) is 9.18 Å². The van der Waals surface area contributed by atoms with E-state index in [-0.39, 0.29) is 17.8 Å². The summed E-state index contributed by atoms with van der Waals surface area (Å²) in [6.07, 6.45) is 1.87. The van der Waals surface area contributed by atoms with E-state index in [4.69, 9.17) is 4.74 Å². The summed E-state index contributed by atoms with van der Waals surface area (Å²) in [5, 5.41) is 2.98. The van der Waals surface area contributed by atoms with Crippen LogP contribution in [0.1, 0.15) is 30.5 Å². The molecule has 2 aromatic rings. The maximum atomic E-state index is 13.2. The molecule has 0 spiro atoms. The van der Waals surface area contributed by atoms with E-state index in [1.54, 1.807) is 25.1 Å². The fraction of sp³-hybridized carbons (Fsp3) is 0.250. The monoisotopic (exact) mass is 327 g/mol. The van der Waals surface area contributed by atoms with Crippen molar-refractivity contribution in [2.24, 2.45) is 0 Å². The van der Waals surface area contributed by atoms with Crippen molar-refractivity contribution in [3.8, 4) is 0 Å². The van der Waals surface area contributed by atoms with Gasteiger partial charge in [-0.05, 0) is 36.6 Å². The first-order valence-corrected chi connectivity index (χ1v) is 7.95. The quantitative estimate of drug-likeness (QED) is 0.587. The van der Waals surface area contributed by atoms with E-state index < -0.39 is 6.10 Å². The third-order valence-electron chi connectivity index (χ3n) is 3.68. The molecule has 0 fully saturated rings. The molecule has 0 radical (unpaired) electrons. The summed E-state index contributed by atoms with van der Waals surface area (Å²) in [5.41, 5.74) is 1.74. The molecule has 2 atom stereocenters. The van der Waals surface area contributed by atoms with Crippen LogP contribution < -0.4 is 5.32 Å². The summed E-state index contributed by atoms with van der Waals surface area (Å²) < 4.78 is 18.7. The lowest BCUT2D eigenvalue weighted by molar-refractivity contribution is -0.132. The lowest BCUT2D eigenvalue weighted by Crippen LogP contribution is -2.37. The van der Waals surface area contributed by atoms with Crippen LogP contribution in [0.5, 0.6) is 0 Å². The molecule has 3 nitrogen and oxygen atoms in total. The fourth-order valence-corrected chi connectivity index (χ4v) is 2.32. The molecule has 1 N–H and O–H groups in total. The standard InChI is InChI=1S/C20H22FNO2/c1-3-4-14-24-15(2)20(23)22-19(16-8-6-5-7-9-16)17-10-12-18(21)13-11-17/h3,5-13,15,19H,1,4,14H2,2H3,(H,22,23). The largest absolute Gasteiger partial charge is 0.368 e. The number of rotatable bonds is 8. The van der Waals surface area contributed by atoms with Crippen molar-refractivity contribution in [3.63, 3.8) is 0 Å². The van der Waals surface area contributed by atoms with Crippen LogP contribution in [0.3, 0.4) is 0 Å². The second kappa shape index (κ2) is 8.99. The molecule has 0 aromatic heterocycles. The molecule has 0 saturated heterocycles. The van der Waals surface area contributed by atoms with Gasteiger partial charge in [-0.1, -0.05) is 48.5 Å². The van der Waals surface area contributed by atoms with Gasteiger partial charge in [0.25, 0.3) is 0 Å². The minimum atomic E-state index is -0.573. The Morgan fingerprint density at radius 3 is 2.42 bits per heavy atom. The van der Waals surface area contributed by atoms with Gasteiger partial charge in [0.15, 0.2) is 0 Å². The fourth-order valence-electron chi connectivity index (χ4n) is 2.32. The van der Waals surface area contributed by atoms with E-state index >= 15 is 0 Å². The minimum absolute atomic E-state index is 0.211. The van der Waals surface area contributed by atoms with Crippen molar-refractivity contribution in [1.82, 2.24) is 5.32 Å². The maximum Gasteiger partial charge on any atom is 0.249 e. The number of amides is 1. The Labute approximate surface area is 142 Å². The number of carbonyl (C=O) groups is 1. The van der Waals surface area contributed by atoms with Crippen LogP contribution in [0.15, 0.2) is 67.3 Å². The lowest BCUT2D eigenvalue weighted by atomic mass is 9.98. The van der Waals surface area contributed by atoms with Crippen LogP contribution in [0.25, 0.3) is 0 Å². The molecular weight excluding hydrogens is 305 g/mol. The number of ether oxygens (including phenoxy) is 1. The molecule has 0 bridgehead atoms. The highest BCUT2D eigenvalue weighted by atomic mass is 19.1. The van der Waals surface area contributed by atoms with Gasteiger partial charge in [-0.15, -0.1) is 6.58 Å². The second-order valence-corrected chi connectivity index (χ2v) is 5.49. The normalized spacial score (nSPS) is 13.1.